The van der Waals surface area contributed by atoms with Crippen LogP contribution < -0.4 is 4.52 Å². The number of aromatic nitrogens is 1. The molecule has 0 spiro atoms. The lowest BCUT2D eigenvalue weighted by Crippen LogP contribution is -1.86. The van der Waals surface area contributed by atoms with Crippen molar-refractivity contribution in [1.29, 1.82) is 0 Å². The molecule has 0 fully saturated rings. The van der Waals surface area contributed by atoms with Gasteiger partial charge < -0.3 is 4.52 Å². The summed E-state index contributed by atoms with van der Waals surface area (Å²) in [7, 11) is -2.92. The lowest BCUT2D eigenvalue weighted by atomic mass is 10.2. The van der Waals surface area contributed by atoms with E-state index in [4.69, 9.17) is 27.7 Å². The SMILES string of the molecule is O=[PH](OCF)Oc1csc(-c2cccc(Cl)c2Cl)n1. The second-order valence-electron chi connectivity index (χ2n) is 3.20. The lowest BCUT2D eigenvalue weighted by molar-refractivity contribution is 0.182. The van der Waals surface area contributed by atoms with Crippen LogP contribution >= 0.6 is 42.8 Å². The number of halogens is 3. The van der Waals surface area contributed by atoms with Crippen molar-refractivity contribution in [3.8, 4) is 16.5 Å². The fraction of sp³-hybridized carbons (Fsp3) is 0.100. The van der Waals surface area contributed by atoms with Crippen molar-refractivity contribution in [2.24, 2.45) is 0 Å². The molecule has 0 aliphatic carbocycles. The molecule has 0 saturated carbocycles. The highest BCUT2D eigenvalue weighted by atomic mass is 35.5. The van der Waals surface area contributed by atoms with E-state index in [0.29, 0.717) is 20.6 Å². The molecular weight excluding hydrogens is 335 g/mol. The minimum atomic E-state index is -2.92. The molecule has 1 atom stereocenters. The first kappa shape index (κ1) is 14.8. The van der Waals surface area contributed by atoms with Crippen LogP contribution in [0.15, 0.2) is 23.6 Å². The average molecular weight is 342 g/mol. The van der Waals surface area contributed by atoms with E-state index in [1.54, 1.807) is 18.2 Å². The van der Waals surface area contributed by atoms with Crippen LogP contribution in [0.1, 0.15) is 0 Å². The average Bonchev–Trinajstić information content (AvgIpc) is 2.81. The molecule has 0 saturated heterocycles. The zero-order chi connectivity index (χ0) is 13.8. The van der Waals surface area contributed by atoms with Gasteiger partial charge in [-0.05, 0) is 6.07 Å². The molecule has 1 aromatic heterocycles. The van der Waals surface area contributed by atoms with Crippen molar-refractivity contribution in [2.75, 3.05) is 6.86 Å². The van der Waals surface area contributed by atoms with Gasteiger partial charge in [0, 0.05) is 5.56 Å². The van der Waals surface area contributed by atoms with Crippen molar-refractivity contribution in [1.82, 2.24) is 4.98 Å². The van der Waals surface area contributed by atoms with E-state index >= 15 is 0 Å². The van der Waals surface area contributed by atoms with Crippen LogP contribution in [0.3, 0.4) is 0 Å². The van der Waals surface area contributed by atoms with Gasteiger partial charge >= 0.3 is 8.25 Å². The van der Waals surface area contributed by atoms with Crippen LogP contribution in [0.4, 0.5) is 4.39 Å². The summed E-state index contributed by atoms with van der Waals surface area (Å²) in [4.78, 5) is 4.08. The molecular formula is C10H7Cl2FNO3PS. The van der Waals surface area contributed by atoms with Gasteiger partial charge in [0.05, 0.1) is 15.4 Å². The van der Waals surface area contributed by atoms with Crippen molar-refractivity contribution >= 4 is 42.8 Å². The van der Waals surface area contributed by atoms with Crippen LogP contribution in [-0.2, 0) is 9.09 Å². The number of nitrogens with zero attached hydrogens (tertiary/aromatic N) is 1. The molecule has 1 aromatic carbocycles. The Bertz CT molecular complexity index is 610. The number of rotatable bonds is 5. The molecule has 0 amide bonds. The Morgan fingerprint density at radius 3 is 2.95 bits per heavy atom. The number of hydrogen-bond acceptors (Lipinski definition) is 5. The van der Waals surface area contributed by atoms with E-state index in [-0.39, 0.29) is 5.88 Å². The normalized spacial score (nSPS) is 12.4. The maximum Gasteiger partial charge on any atom is 0.371 e. The third-order valence-electron chi connectivity index (χ3n) is 2.03. The molecule has 0 N–H and O–H groups in total. The van der Waals surface area contributed by atoms with Gasteiger partial charge in [0.1, 0.15) is 5.01 Å². The molecule has 2 aromatic rings. The van der Waals surface area contributed by atoms with Gasteiger partial charge in [-0.1, -0.05) is 35.3 Å². The Morgan fingerprint density at radius 1 is 1.42 bits per heavy atom. The second-order valence-corrected chi connectivity index (χ2v) is 5.83. The van der Waals surface area contributed by atoms with Gasteiger partial charge in [-0.15, -0.1) is 11.3 Å². The first-order valence-electron chi connectivity index (χ1n) is 4.92. The summed E-state index contributed by atoms with van der Waals surface area (Å²) in [5.74, 6) is 0.0911. The van der Waals surface area contributed by atoms with Crippen LogP contribution in [0.2, 0.25) is 10.0 Å². The third-order valence-corrected chi connectivity index (χ3v) is 4.42. The van der Waals surface area contributed by atoms with Crippen LogP contribution in [0, 0.1) is 0 Å². The predicted octanol–water partition coefficient (Wildman–Crippen LogP) is 4.83. The van der Waals surface area contributed by atoms with E-state index < -0.39 is 15.1 Å². The Labute approximate surface area is 123 Å². The molecule has 2 rings (SSSR count). The zero-order valence-electron chi connectivity index (χ0n) is 9.23. The molecule has 0 radical (unpaired) electrons. The number of thiazole rings is 1. The summed E-state index contributed by atoms with van der Waals surface area (Å²) in [5.41, 5.74) is 0.639. The Kier molecular flexibility index (Phi) is 5.19. The van der Waals surface area contributed by atoms with Gasteiger partial charge in [0.15, 0.2) is 6.86 Å². The van der Waals surface area contributed by atoms with E-state index in [1.165, 1.54) is 16.7 Å². The minimum Gasteiger partial charge on any atom is -0.407 e. The highest BCUT2D eigenvalue weighted by Crippen LogP contribution is 2.37. The van der Waals surface area contributed by atoms with E-state index in [1.807, 2.05) is 0 Å². The van der Waals surface area contributed by atoms with Crippen molar-refractivity contribution in [2.45, 2.75) is 0 Å². The van der Waals surface area contributed by atoms with Crippen molar-refractivity contribution in [3.63, 3.8) is 0 Å². The van der Waals surface area contributed by atoms with Crippen molar-refractivity contribution in [3.05, 3.63) is 33.6 Å². The van der Waals surface area contributed by atoms with E-state index in [2.05, 4.69) is 9.51 Å². The second kappa shape index (κ2) is 6.68. The summed E-state index contributed by atoms with van der Waals surface area (Å²) in [6, 6.07) is 5.14. The molecule has 1 heterocycles. The minimum absolute atomic E-state index is 0.0911. The smallest absolute Gasteiger partial charge is 0.371 e. The molecule has 0 aliphatic heterocycles. The highest BCUT2D eigenvalue weighted by molar-refractivity contribution is 7.33. The van der Waals surface area contributed by atoms with E-state index in [0.717, 1.165) is 0 Å². The van der Waals surface area contributed by atoms with Crippen LogP contribution in [0.25, 0.3) is 10.6 Å². The lowest BCUT2D eigenvalue weighted by Gasteiger charge is -2.02. The fourth-order valence-electron chi connectivity index (χ4n) is 1.26. The fourth-order valence-corrected chi connectivity index (χ4v) is 2.97. The molecule has 0 aliphatic rings. The standard InChI is InChI=1S/C10H7Cl2FNO3PS/c11-7-3-1-2-6(9(7)12)10-14-8(4-19-10)17-18(15)16-5-13/h1-4,18H,5H2. The van der Waals surface area contributed by atoms with Gasteiger partial charge in [-0.3, -0.25) is 4.52 Å². The summed E-state index contributed by atoms with van der Waals surface area (Å²) in [5, 5.41) is 2.86. The van der Waals surface area contributed by atoms with Crippen LogP contribution in [0.5, 0.6) is 5.88 Å². The van der Waals surface area contributed by atoms with Gasteiger partial charge in [-0.2, -0.15) is 0 Å². The Balaban J connectivity index is 2.21. The number of alkyl halides is 1. The first-order chi connectivity index (χ1) is 9.11. The van der Waals surface area contributed by atoms with Crippen LogP contribution in [-0.4, -0.2) is 11.8 Å². The third kappa shape index (κ3) is 3.68. The highest BCUT2D eigenvalue weighted by Gasteiger charge is 2.12. The molecule has 102 valence electrons. The maximum absolute atomic E-state index is 11.8. The van der Waals surface area contributed by atoms with Gasteiger partial charge in [-0.25, -0.2) is 13.9 Å². The molecule has 19 heavy (non-hydrogen) atoms. The largest absolute Gasteiger partial charge is 0.407 e. The van der Waals surface area contributed by atoms with E-state index in [9.17, 15) is 8.96 Å². The monoisotopic (exact) mass is 341 g/mol. The zero-order valence-corrected chi connectivity index (χ0v) is 12.6. The summed E-state index contributed by atoms with van der Waals surface area (Å²) in [6.45, 7) is -1.17. The summed E-state index contributed by atoms with van der Waals surface area (Å²) < 4.78 is 31.9. The molecule has 4 nitrogen and oxygen atoms in total. The quantitative estimate of drug-likeness (QED) is 0.731. The maximum atomic E-state index is 11.8. The van der Waals surface area contributed by atoms with Gasteiger partial charge in [0.2, 0.25) is 5.88 Å². The Morgan fingerprint density at radius 2 is 2.21 bits per heavy atom. The molecule has 0 bridgehead atoms. The molecule has 9 heteroatoms. The molecule has 1 unspecified atom stereocenters. The summed E-state index contributed by atoms with van der Waals surface area (Å²) >= 11 is 13.2. The predicted molar refractivity (Wildman–Crippen MR) is 74.3 cm³/mol. The van der Waals surface area contributed by atoms with Gasteiger partial charge in [0.25, 0.3) is 0 Å². The van der Waals surface area contributed by atoms with Crippen molar-refractivity contribution < 1.29 is 18.0 Å². The first-order valence-corrected chi connectivity index (χ1v) is 7.78. The topological polar surface area (TPSA) is 48.4 Å². The number of benzene rings is 1. The number of hydrogen-bond donors (Lipinski definition) is 0. The Hall–Kier alpha value is -0.650. The summed E-state index contributed by atoms with van der Waals surface area (Å²) in [6.07, 6.45) is 0.